The van der Waals surface area contributed by atoms with Crippen LogP contribution in [0.1, 0.15) is 41.0 Å². The van der Waals surface area contributed by atoms with Gasteiger partial charge in [0.15, 0.2) is 0 Å². The molecule has 4 nitrogen and oxygen atoms in total. The number of ether oxygens (including phenoxy) is 1. The maximum atomic E-state index is 12.8. The van der Waals surface area contributed by atoms with Gasteiger partial charge in [0.1, 0.15) is 6.61 Å². The maximum absolute atomic E-state index is 12.8. The minimum absolute atomic E-state index is 0.0643. The van der Waals surface area contributed by atoms with Crippen molar-refractivity contribution in [1.82, 2.24) is 4.90 Å². The zero-order valence-electron chi connectivity index (χ0n) is 18.5. The van der Waals surface area contributed by atoms with E-state index in [0.29, 0.717) is 39.0 Å². The van der Waals surface area contributed by atoms with Crippen molar-refractivity contribution in [3.63, 3.8) is 0 Å². The Labute approximate surface area is 189 Å². The van der Waals surface area contributed by atoms with E-state index in [4.69, 9.17) is 4.74 Å². The first kappa shape index (κ1) is 20.8. The van der Waals surface area contributed by atoms with Crippen molar-refractivity contribution in [2.24, 2.45) is 0 Å². The molecule has 1 N–H and O–H groups in total. The van der Waals surface area contributed by atoms with Crippen LogP contribution in [0.2, 0.25) is 0 Å². The molecule has 3 aromatic carbocycles. The molecule has 0 aromatic heterocycles. The summed E-state index contributed by atoms with van der Waals surface area (Å²) in [6.07, 6.45) is 1.45. The molecule has 1 amide bonds. The van der Waals surface area contributed by atoms with Gasteiger partial charge in [0.2, 0.25) is 0 Å². The second-order valence-electron chi connectivity index (χ2n) is 9.18. The smallest absolute Gasteiger partial charge is 0.409 e. The molecule has 164 valence electrons. The largest absolute Gasteiger partial charge is 0.448 e. The van der Waals surface area contributed by atoms with Gasteiger partial charge in [-0.3, -0.25) is 0 Å². The Hall–Kier alpha value is -3.11. The lowest BCUT2D eigenvalue weighted by Gasteiger charge is -2.38. The van der Waals surface area contributed by atoms with E-state index in [1.165, 1.54) is 27.8 Å². The van der Waals surface area contributed by atoms with Gasteiger partial charge in [-0.2, -0.15) is 0 Å². The summed E-state index contributed by atoms with van der Waals surface area (Å²) in [7, 11) is 0. The van der Waals surface area contributed by atoms with Crippen LogP contribution < -0.4 is 0 Å². The Morgan fingerprint density at radius 1 is 0.969 bits per heavy atom. The molecular formula is C28H29NO3. The fourth-order valence-corrected chi connectivity index (χ4v) is 5.17. The van der Waals surface area contributed by atoms with Crippen molar-refractivity contribution in [3.05, 3.63) is 95.1 Å². The fraction of sp³-hybridized carbons (Fsp3) is 0.321. The molecule has 1 aliphatic heterocycles. The Morgan fingerprint density at radius 3 is 2.22 bits per heavy atom. The van der Waals surface area contributed by atoms with Gasteiger partial charge in [-0.05, 0) is 47.6 Å². The van der Waals surface area contributed by atoms with Crippen LogP contribution in [0.25, 0.3) is 11.1 Å². The van der Waals surface area contributed by atoms with Gasteiger partial charge in [0.25, 0.3) is 0 Å². The van der Waals surface area contributed by atoms with Crippen molar-refractivity contribution < 1.29 is 14.6 Å². The number of carbonyl (C=O) groups excluding carboxylic acids is 1. The summed E-state index contributed by atoms with van der Waals surface area (Å²) >= 11 is 0. The highest BCUT2D eigenvalue weighted by Gasteiger charge is 2.35. The van der Waals surface area contributed by atoms with Crippen molar-refractivity contribution in [1.29, 1.82) is 0 Å². The molecule has 0 bridgehead atoms. The molecule has 0 radical (unpaired) electrons. The Bertz CT molecular complexity index is 1090. The summed E-state index contributed by atoms with van der Waals surface area (Å²) in [5, 5.41) is 11.1. The van der Waals surface area contributed by atoms with Crippen LogP contribution >= 0.6 is 0 Å². The summed E-state index contributed by atoms with van der Waals surface area (Å²) in [6, 6.07) is 25.0. The summed E-state index contributed by atoms with van der Waals surface area (Å²) in [5.41, 5.74) is 6.45. The van der Waals surface area contributed by atoms with Crippen molar-refractivity contribution in [2.45, 2.75) is 37.7 Å². The quantitative estimate of drug-likeness (QED) is 0.614. The molecular weight excluding hydrogens is 398 g/mol. The van der Waals surface area contributed by atoms with Crippen LogP contribution in [0.4, 0.5) is 4.79 Å². The van der Waals surface area contributed by atoms with Gasteiger partial charge in [-0.15, -0.1) is 0 Å². The number of aliphatic hydroxyl groups is 1. The number of aryl methyl sites for hydroxylation is 1. The van der Waals surface area contributed by atoms with E-state index in [2.05, 4.69) is 61.5 Å². The third-order valence-electron chi connectivity index (χ3n) is 6.90. The SMILES string of the molecule is Cc1cccc(CC2(O)CCN(C(=O)OCC3c4ccccc4-c4ccccc43)CC2)c1. The molecule has 1 saturated heterocycles. The van der Waals surface area contributed by atoms with Crippen LogP contribution in [-0.4, -0.2) is 41.4 Å². The van der Waals surface area contributed by atoms with Crippen LogP contribution in [0.5, 0.6) is 0 Å². The lowest BCUT2D eigenvalue weighted by molar-refractivity contribution is -0.0200. The molecule has 1 heterocycles. The third kappa shape index (κ3) is 4.03. The predicted molar refractivity (Wildman–Crippen MR) is 126 cm³/mol. The maximum Gasteiger partial charge on any atom is 0.409 e. The van der Waals surface area contributed by atoms with E-state index in [0.717, 1.165) is 5.56 Å². The Balaban J connectivity index is 1.20. The highest BCUT2D eigenvalue weighted by atomic mass is 16.6. The topological polar surface area (TPSA) is 49.8 Å². The number of rotatable bonds is 4. The van der Waals surface area contributed by atoms with Gasteiger partial charge in [0, 0.05) is 25.4 Å². The van der Waals surface area contributed by atoms with Crippen LogP contribution in [0.15, 0.2) is 72.8 Å². The Morgan fingerprint density at radius 2 is 1.59 bits per heavy atom. The first-order valence-electron chi connectivity index (χ1n) is 11.4. The van der Waals surface area contributed by atoms with Crippen LogP contribution in [-0.2, 0) is 11.2 Å². The van der Waals surface area contributed by atoms with Crippen molar-refractivity contribution in [2.75, 3.05) is 19.7 Å². The van der Waals surface area contributed by atoms with E-state index in [1.807, 2.05) is 18.2 Å². The number of nitrogens with zero attached hydrogens (tertiary/aromatic N) is 1. The van der Waals surface area contributed by atoms with Crippen molar-refractivity contribution >= 4 is 6.09 Å². The van der Waals surface area contributed by atoms with Gasteiger partial charge < -0.3 is 14.7 Å². The number of piperidine rings is 1. The van der Waals surface area contributed by atoms with Gasteiger partial charge in [-0.1, -0.05) is 78.4 Å². The number of likely N-dealkylation sites (tertiary alicyclic amines) is 1. The first-order valence-corrected chi connectivity index (χ1v) is 11.4. The van der Waals surface area contributed by atoms with Crippen LogP contribution in [0.3, 0.4) is 0 Å². The number of benzene rings is 3. The van der Waals surface area contributed by atoms with E-state index < -0.39 is 5.60 Å². The number of hydrogen-bond acceptors (Lipinski definition) is 3. The average molecular weight is 428 g/mol. The van der Waals surface area contributed by atoms with E-state index >= 15 is 0 Å². The van der Waals surface area contributed by atoms with E-state index in [9.17, 15) is 9.90 Å². The normalized spacial score (nSPS) is 17.0. The fourth-order valence-electron chi connectivity index (χ4n) is 5.17. The minimum Gasteiger partial charge on any atom is -0.448 e. The lowest BCUT2D eigenvalue weighted by Crippen LogP contribution is -2.48. The summed E-state index contributed by atoms with van der Waals surface area (Å²) in [5.74, 6) is 0.0643. The van der Waals surface area contributed by atoms with Gasteiger partial charge >= 0.3 is 6.09 Å². The average Bonchev–Trinajstić information content (AvgIpc) is 3.11. The molecule has 1 fully saturated rings. The number of carbonyl (C=O) groups is 1. The zero-order chi connectivity index (χ0) is 22.1. The first-order chi connectivity index (χ1) is 15.5. The molecule has 0 unspecified atom stereocenters. The summed E-state index contributed by atoms with van der Waals surface area (Å²) in [6.45, 7) is 3.42. The molecule has 2 aliphatic rings. The molecule has 0 atom stereocenters. The molecule has 5 rings (SSSR count). The second kappa shape index (κ2) is 8.44. The lowest BCUT2D eigenvalue weighted by atomic mass is 9.85. The highest BCUT2D eigenvalue weighted by Crippen LogP contribution is 2.44. The molecule has 0 saturated carbocycles. The standard InChI is InChI=1S/C28H29NO3/c1-20-7-6-8-21(17-20)18-28(31)13-15-29(16-14-28)27(30)32-19-26-24-11-4-2-9-22(24)23-10-3-5-12-25(23)26/h2-12,17,26,31H,13-16,18-19H2,1H3. The number of amides is 1. The molecule has 1 aliphatic carbocycles. The van der Waals surface area contributed by atoms with E-state index in [-0.39, 0.29) is 12.0 Å². The van der Waals surface area contributed by atoms with E-state index in [1.54, 1.807) is 4.90 Å². The monoisotopic (exact) mass is 427 g/mol. The molecule has 4 heteroatoms. The van der Waals surface area contributed by atoms with Gasteiger partial charge in [0.05, 0.1) is 5.60 Å². The molecule has 0 spiro atoms. The predicted octanol–water partition coefficient (Wildman–Crippen LogP) is 5.31. The summed E-state index contributed by atoms with van der Waals surface area (Å²) < 4.78 is 5.79. The molecule has 32 heavy (non-hydrogen) atoms. The third-order valence-corrected chi connectivity index (χ3v) is 6.90. The Kier molecular flexibility index (Phi) is 5.48. The number of hydrogen-bond donors (Lipinski definition) is 1. The highest BCUT2D eigenvalue weighted by molar-refractivity contribution is 5.79. The van der Waals surface area contributed by atoms with Gasteiger partial charge in [-0.25, -0.2) is 4.79 Å². The molecule has 3 aromatic rings. The minimum atomic E-state index is -0.770. The number of fused-ring (bicyclic) bond motifs is 3. The summed E-state index contributed by atoms with van der Waals surface area (Å²) in [4.78, 5) is 14.5. The van der Waals surface area contributed by atoms with Crippen molar-refractivity contribution in [3.8, 4) is 11.1 Å². The van der Waals surface area contributed by atoms with Crippen LogP contribution in [0, 0.1) is 6.92 Å². The second-order valence-corrected chi connectivity index (χ2v) is 9.18. The zero-order valence-corrected chi connectivity index (χ0v) is 18.5.